The van der Waals surface area contributed by atoms with E-state index in [4.69, 9.17) is 4.74 Å². The number of aryl methyl sites for hydroxylation is 1. The Balaban J connectivity index is 1.96. The summed E-state index contributed by atoms with van der Waals surface area (Å²) in [7, 11) is 0. The molecule has 122 valence electrons. The molecule has 2 heterocycles. The van der Waals surface area contributed by atoms with E-state index in [1.807, 2.05) is 48.8 Å². The number of unbranched alkanes of at least 4 members (excludes halogenated alkanes) is 1. The smallest absolute Gasteiger partial charge is 0.227 e. The third-order valence-electron chi connectivity index (χ3n) is 3.80. The van der Waals surface area contributed by atoms with Crippen LogP contribution in [0.5, 0.6) is 11.6 Å². The first-order chi connectivity index (χ1) is 11.8. The van der Waals surface area contributed by atoms with Crippen molar-refractivity contribution < 1.29 is 4.74 Å². The van der Waals surface area contributed by atoms with Gasteiger partial charge in [-0.05, 0) is 83.5 Å². The minimum absolute atomic E-state index is 0.615. The van der Waals surface area contributed by atoms with Crippen LogP contribution in [0.2, 0.25) is 0 Å². The molecular formula is C20H19IN2O. The van der Waals surface area contributed by atoms with Gasteiger partial charge in [0.1, 0.15) is 5.75 Å². The Morgan fingerprint density at radius 2 is 1.83 bits per heavy atom. The Morgan fingerprint density at radius 1 is 1.00 bits per heavy atom. The molecule has 0 aliphatic rings. The quantitative estimate of drug-likeness (QED) is 0.458. The summed E-state index contributed by atoms with van der Waals surface area (Å²) in [6, 6.07) is 14.0. The fourth-order valence-electron chi connectivity index (χ4n) is 2.54. The number of rotatable bonds is 6. The molecule has 0 aliphatic heterocycles. The van der Waals surface area contributed by atoms with Gasteiger partial charge < -0.3 is 4.74 Å². The van der Waals surface area contributed by atoms with Gasteiger partial charge in [0, 0.05) is 33.3 Å². The summed E-state index contributed by atoms with van der Waals surface area (Å²) < 4.78 is 7.21. The van der Waals surface area contributed by atoms with Crippen LogP contribution in [0.1, 0.15) is 25.3 Å². The third-order valence-corrected chi connectivity index (χ3v) is 4.52. The second-order valence-electron chi connectivity index (χ2n) is 5.55. The number of ether oxygens (including phenoxy) is 1. The molecule has 0 spiro atoms. The molecule has 0 N–H and O–H groups in total. The molecule has 3 nitrogen and oxygen atoms in total. The van der Waals surface area contributed by atoms with Crippen molar-refractivity contribution in [2.24, 2.45) is 0 Å². The Bertz CT molecular complexity index is 803. The molecule has 0 amide bonds. The molecule has 3 aromatic rings. The van der Waals surface area contributed by atoms with Crippen LogP contribution in [0.3, 0.4) is 0 Å². The molecule has 0 saturated carbocycles. The van der Waals surface area contributed by atoms with Crippen molar-refractivity contribution >= 4 is 22.6 Å². The molecule has 0 unspecified atom stereocenters. The minimum Gasteiger partial charge on any atom is -0.438 e. The number of halogens is 1. The molecule has 2 aromatic heterocycles. The zero-order valence-corrected chi connectivity index (χ0v) is 15.7. The largest absolute Gasteiger partial charge is 0.438 e. The highest BCUT2D eigenvalue weighted by atomic mass is 127. The van der Waals surface area contributed by atoms with Crippen LogP contribution in [0.15, 0.2) is 61.1 Å². The molecule has 0 aliphatic carbocycles. The second-order valence-corrected chi connectivity index (χ2v) is 6.79. The van der Waals surface area contributed by atoms with Gasteiger partial charge in [-0.15, -0.1) is 0 Å². The van der Waals surface area contributed by atoms with E-state index in [-0.39, 0.29) is 0 Å². The minimum atomic E-state index is 0.615. The van der Waals surface area contributed by atoms with Crippen molar-refractivity contribution in [1.82, 2.24) is 9.97 Å². The van der Waals surface area contributed by atoms with Crippen molar-refractivity contribution in [2.45, 2.75) is 26.2 Å². The van der Waals surface area contributed by atoms with E-state index in [1.54, 1.807) is 6.20 Å². The molecule has 0 bridgehead atoms. The molecule has 0 saturated heterocycles. The zero-order valence-electron chi connectivity index (χ0n) is 13.6. The summed E-state index contributed by atoms with van der Waals surface area (Å²) in [5, 5.41) is 0. The van der Waals surface area contributed by atoms with Crippen molar-refractivity contribution in [3.63, 3.8) is 0 Å². The standard InChI is InChI=1S/C20H19IN2O/c1-2-3-5-15-11-13-22-14-19(15)18-6-4-12-23-20(18)24-17-9-7-16(21)8-10-17/h4,6-14H,2-3,5H2,1H3. The fraction of sp³-hybridized carbons (Fsp3) is 0.200. The first-order valence-corrected chi connectivity index (χ1v) is 9.17. The number of hydrogen-bond acceptors (Lipinski definition) is 3. The van der Waals surface area contributed by atoms with E-state index in [1.165, 1.54) is 15.6 Å². The summed E-state index contributed by atoms with van der Waals surface area (Å²) in [4.78, 5) is 8.75. The number of pyridine rings is 2. The lowest BCUT2D eigenvalue weighted by Gasteiger charge is -2.13. The fourth-order valence-corrected chi connectivity index (χ4v) is 2.90. The summed E-state index contributed by atoms with van der Waals surface area (Å²) in [5.41, 5.74) is 3.36. The first-order valence-electron chi connectivity index (χ1n) is 8.09. The van der Waals surface area contributed by atoms with Gasteiger partial charge in [-0.1, -0.05) is 13.3 Å². The van der Waals surface area contributed by atoms with E-state index < -0.39 is 0 Å². The van der Waals surface area contributed by atoms with Crippen molar-refractivity contribution in [1.29, 1.82) is 0 Å². The van der Waals surface area contributed by atoms with Gasteiger partial charge in [0.25, 0.3) is 0 Å². The van der Waals surface area contributed by atoms with E-state index in [9.17, 15) is 0 Å². The summed E-state index contributed by atoms with van der Waals surface area (Å²) >= 11 is 2.28. The Kier molecular flexibility index (Phi) is 5.80. The van der Waals surface area contributed by atoms with Gasteiger partial charge in [0.05, 0.1) is 0 Å². The molecule has 0 fully saturated rings. The van der Waals surface area contributed by atoms with Crippen LogP contribution in [0.25, 0.3) is 11.1 Å². The maximum atomic E-state index is 6.04. The second kappa shape index (κ2) is 8.24. The normalized spacial score (nSPS) is 10.6. The lowest BCUT2D eigenvalue weighted by Crippen LogP contribution is -1.96. The predicted molar refractivity (Wildman–Crippen MR) is 105 cm³/mol. The maximum Gasteiger partial charge on any atom is 0.227 e. The molecule has 24 heavy (non-hydrogen) atoms. The highest BCUT2D eigenvalue weighted by Crippen LogP contribution is 2.33. The predicted octanol–water partition coefficient (Wildman–Crippen LogP) is 5.88. The molecule has 1 aromatic carbocycles. The SMILES string of the molecule is CCCCc1ccncc1-c1cccnc1Oc1ccc(I)cc1. The van der Waals surface area contributed by atoms with E-state index in [2.05, 4.69) is 45.5 Å². The number of benzene rings is 1. The van der Waals surface area contributed by atoms with Crippen LogP contribution in [0, 0.1) is 3.57 Å². The van der Waals surface area contributed by atoms with Crippen molar-refractivity contribution in [3.8, 4) is 22.8 Å². The van der Waals surface area contributed by atoms with Crippen molar-refractivity contribution in [2.75, 3.05) is 0 Å². The van der Waals surface area contributed by atoms with E-state index >= 15 is 0 Å². The highest BCUT2D eigenvalue weighted by molar-refractivity contribution is 14.1. The highest BCUT2D eigenvalue weighted by Gasteiger charge is 2.12. The lowest BCUT2D eigenvalue weighted by molar-refractivity contribution is 0.465. The van der Waals surface area contributed by atoms with Gasteiger partial charge in [-0.2, -0.15) is 0 Å². The summed E-state index contributed by atoms with van der Waals surface area (Å²) in [5.74, 6) is 1.40. The number of nitrogens with zero attached hydrogens (tertiary/aromatic N) is 2. The van der Waals surface area contributed by atoms with Crippen LogP contribution in [-0.2, 0) is 6.42 Å². The van der Waals surface area contributed by atoms with Crippen LogP contribution in [-0.4, -0.2) is 9.97 Å². The average Bonchev–Trinajstić information content (AvgIpc) is 2.63. The monoisotopic (exact) mass is 430 g/mol. The Labute approximate surface area is 156 Å². The van der Waals surface area contributed by atoms with Crippen LogP contribution >= 0.6 is 22.6 Å². The third kappa shape index (κ3) is 4.12. The first kappa shape index (κ1) is 16.9. The Morgan fingerprint density at radius 3 is 2.62 bits per heavy atom. The summed E-state index contributed by atoms with van der Waals surface area (Å²) in [6.07, 6.45) is 8.87. The van der Waals surface area contributed by atoms with E-state index in [0.29, 0.717) is 5.88 Å². The molecule has 4 heteroatoms. The number of hydrogen-bond donors (Lipinski definition) is 0. The van der Waals surface area contributed by atoms with Gasteiger partial charge in [0.2, 0.25) is 5.88 Å². The Hall–Kier alpha value is -1.95. The topological polar surface area (TPSA) is 35.0 Å². The molecule has 3 rings (SSSR count). The van der Waals surface area contributed by atoms with Gasteiger partial charge >= 0.3 is 0 Å². The van der Waals surface area contributed by atoms with Crippen molar-refractivity contribution in [3.05, 3.63) is 70.2 Å². The average molecular weight is 430 g/mol. The van der Waals surface area contributed by atoms with Gasteiger partial charge in [0.15, 0.2) is 0 Å². The molecule has 0 atom stereocenters. The van der Waals surface area contributed by atoms with Gasteiger partial charge in [-0.25, -0.2) is 4.98 Å². The van der Waals surface area contributed by atoms with Crippen LogP contribution in [0.4, 0.5) is 0 Å². The van der Waals surface area contributed by atoms with Crippen LogP contribution < -0.4 is 4.74 Å². The van der Waals surface area contributed by atoms with E-state index in [0.717, 1.165) is 29.7 Å². The lowest BCUT2D eigenvalue weighted by atomic mass is 9.99. The summed E-state index contributed by atoms with van der Waals surface area (Å²) in [6.45, 7) is 2.20. The molecular weight excluding hydrogens is 411 g/mol. The van der Waals surface area contributed by atoms with Gasteiger partial charge in [-0.3, -0.25) is 4.98 Å². The zero-order chi connectivity index (χ0) is 16.8. The molecule has 0 radical (unpaired) electrons. The maximum absolute atomic E-state index is 6.04. The number of aromatic nitrogens is 2.